The number of nitrogens with one attached hydrogen (secondary N) is 3. The number of nitrogens with zero attached hydrogens (tertiary/aromatic N) is 3. The maximum atomic E-state index is 12.9. The lowest BCUT2D eigenvalue weighted by molar-refractivity contribution is -0.112. The molecule has 8 nitrogen and oxygen atoms in total. The zero-order chi connectivity index (χ0) is 20.0. The van der Waals surface area contributed by atoms with E-state index >= 15 is 0 Å². The van der Waals surface area contributed by atoms with Gasteiger partial charge in [-0.25, -0.2) is 10.4 Å². The molecule has 0 fully saturated rings. The van der Waals surface area contributed by atoms with E-state index in [9.17, 15) is 4.79 Å². The van der Waals surface area contributed by atoms with E-state index < -0.39 is 0 Å². The summed E-state index contributed by atoms with van der Waals surface area (Å²) in [6.07, 6.45) is 6.97. The number of fused-ring (bicyclic) bond motifs is 2. The van der Waals surface area contributed by atoms with E-state index in [4.69, 9.17) is 4.74 Å². The molecule has 1 amide bonds. The predicted molar refractivity (Wildman–Crippen MR) is 114 cm³/mol. The molecule has 1 aromatic carbocycles. The van der Waals surface area contributed by atoms with E-state index in [1.165, 1.54) is 4.88 Å². The molecule has 0 unspecified atom stereocenters. The lowest BCUT2D eigenvalue weighted by atomic mass is 10.1. The number of hydrogen-bond donors (Lipinski definition) is 3. The standard InChI is InChI=1S/C20H18N6O2S/c1-11-6-12-7-16(28-2)13(8-17(12)29-11)18-15(10-22-25-18)24-20(27)14-9-23-26-5-3-4-21-19(14)26/h3-8,10,23H,9H2,1-2H3,(H,22,25)(H,24,27). The summed E-state index contributed by atoms with van der Waals surface area (Å²) in [5, 5.41) is 13.1. The number of aromatic amines is 1. The Morgan fingerprint density at radius 1 is 1.34 bits per heavy atom. The molecule has 146 valence electrons. The third-order valence-corrected chi connectivity index (χ3v) is 5.83. The summed E-state index contributed by atoms with van der Waals surface area (Å²) < 4.78 is 6.74. The van der Waals surface area contributed by atoms with Gasteiger partial charge >= 0.3 is 0 Å². The second-order valence-electron chi connectivity index (χ2n) is 6.68. The highest BCUT2D eigenvalue weighted by Gasteiger charge is 2.27. The normalized spacial score (nSPS) is 15.3. The number of carbonyl (C=O) groups is 1. The second kappa shape index (κ2) is 6.87. The number of benzene rings is 1. The van der Waals surface area contributed by atoms with Crippen molar-refractivity contribution in [2.45, 2.75) is 6.92 Å². The number of ether oxygens (including phenoxy) is 1. The Bertz CT molecular complexity index is 1220. The van der Waals surface area contributed by atoms with Crippen LogP contribution in [0.25, 0.3) is 21.3 Å². The fraction of sp³-hybridized carbons (Fsp3) is 0.150. The van der Waals surface area contributed by atoms with E-state index in [0.29, 0.717) is 35.1 Å². The van der Waals surface area contributed by atoms with Crippen molar-refractivity contribution in [3.63, 3.8) is 0 Å². The largest absolute Gasteiger partial charge is 0.496 e. The molecule has 0 atom stereocenters. The van der Waals surface area contributed by atoms with E-state index in [0.717, 1.165) is 15.6 Å². The smallest absolute Gasteiger partial charge is 0.256 e. The fourth-order valence-corrected chi connectivity index (χ4v) is 4.43. The summed E-state index contributed by atoms with van der Waals surface area (Å²) in [6, 6.07) is 6.18. The van der Waals surface area contributed by atoms with Gasteiger partial charge < -0.3 is 10.1 Å². The van der Waals surface area contributed by atoms with Gasteiger partial charge in [-0.15, -0.1) is 11.3 Å². The van der Waals surface area contributed by atoms with Gasteiger partial charge in [-0.05, 0) is 36.6 Å². The number of hydrazine groups is 1. The number of rotatable bonds is 4. The van der Waals surface area contributed by atoms with Crippen molar-refractivity contribution in [1.29, 1.82) is 0 Å². The summed E-state index contributed by atoms with van der Waals surface area (Å²) >= 11 is 1.71. The molecule has 0 saturated carbocycles. The molecule has 3 aromatic rings. The van der Waals surface area contributed by atoms with Gasteiger partial charge in [-0.1, -0.05) is 0 Å². The van der Waals surface area contributed by atoms with Crippen LogP contribution in [-0.4, -0.2) is 41.0 Å². The van der Waals surface area contributed by atoms with Gasteiger partial charge in [0.05, 0.1) is 18.4 Å². The number of H-pyrrole nitrogens is 1. The molecule has 9 heteroatoms. The third-order valence-electron chi connectivity index (χ3n) is 4.82. The highest BCUT2D eigenvalue weighted by atomic mass is 32.1. The predicted octanol–water partition coefficient (Wildman–Crippen LogP) is 3.18. The van der Waals surface area contributed by atoms with Gasteiger partial charge in [-0.2, -0.15) is 5.10 Å². The zero-order valence-corrected chi connectivity index (χ0v) is 16.6. The van der Waals surface area contributed by atoms with Crippen LogP contribution in [0.4, 0.5) is 5.69 Å². The molecule has 0 saturated heterocycles. The van der Waals surface area contributed by atoms with Crippen molar-refractivity contribution in [3.8, 4) is 17.0 Å². The van der Waals surface area contributed by atoms with E-state index in [1.54, 1.807) is 41.9 Å². The summed E-state index contributed by atoms with van der Waals surface area (Å²) in [5.74, 6) is 1.08. The van der Waals surface area contributed by atoms with Gasteiger partial charge in [0.2, 0.25) is 0 Å². The van der Waals surface area contributed by atoms with Crippen LogP contribution in [-0.2, 0) is 4.79 Å². The highest BCUT2D eigenvalue weighted by molar-refractivity contribution is 7.19. The van der Waals surface area contributed by atoms with E-state index in [1.807, 2.05) is 12.3 Å². The molecule has 4 heterocycles. The second-order valence-corrected chi connectivity index (χ2v) is 7.96. The molecule has 0 radical (unpaired) electrons. The van der Waals surface area contributed by atoms with Crippen LogP contribution < -0.4 is 15.5 Å². The number of methoxy groups -OCH3 is 1. The maximum Gasteiger partial charge on any atom is 0.256 e. The Balaban J connectivity index is 1.51. The van der Waals surface area contributed by atoms with Crippen molar-refractivity contribution >= 4 is 39.2 Å². The average molecular weight is 406 g/mol. The summed E-state index contributed by atoms with van der Waals surface area (Å²) in [7, 11) is 1.63. The highest BCUT2D eigenvalue weighted by Crippen LogP contribution is 2.39. The van der Waals surface area contributed by atoms with Crippen molar-refractivity contribution in [1.82, 2.24) is 20.6 Å². The summed E-state index contributed by atoms with van der Waals surface area (Å²) in [5.41, 5.74) is 5.71. The van der Waals surface area contributed by atoms with Crippen molar-refractivity contribution in [3.05, 3.63) is 52.9 Å². The SMILES string of the molecule is COc1cc2cc(C)sc2cc1-c1n[nH]cc1NC(=O)C1=C2N=CC=CN2NC1. The van der Waals surface area contributed by atoms with Crippen molar-refractivity contribution in [2.75, 3.05) is 19.0 Å². The van der Waals surface area contributed by atoms with Crippen molar-refractivity contribution in [2.24, 2.45) is 4.99 Å². The summed E-state index contributed by atoms with van der Waals surface area (Å²) in [4.78, 5) is 18.4. The monoisotopic (exact) mass is 406 g/mol. The van der Waals surface area contributed by atoms with Gasteiger partial charge in [0.15, 0.2) is 5.82 Å². The number of hydrogen-bond acceptors (Lipinski definition) is 7. The Kier molecular flexibility index (Phi) is 4.18. The lowest BCUT2D eigenvalue weighted by Crippen LogP contribution is -2.27. The van der Waals surface area contributed by atoms with Crippen LogP contribution in [0.5, 0.6) is 5.75 Å². The maximum absolute atomic E-state index is 12.9. The van der Waals surface area contributed by atoms with Crippen LogP contribution in [0, 0.1) is 6.92 Å². The van der Waals surface area contributed by atoms with Crippen LogP contribution >= 0.6 is 11.3 Å². The minimum Gasteiger partial charge on any atom is -0.496 e. The van der Waals surface area contributed by atoms with Crippen LogP contribution in [0.1, 0.15) is 4.88 Å². The minimum absolute atomic E-state index is 0.225. The molecule has 0 aliphatic carbocycles. The first-order valence-electron chi connectivity index (χ1n) is 9.04. The molecule has 0 spiro atoms. The zero-order valence-electron chi connectivity index (χ0n) is 15.8. The number of anilines is 1. The van der Waals surface area contributed by atoms with Crippen molar-refractivity contribution < 1.29 is 9.53 Å². The van der Waals surface area contributed by atoms with Gasteiger partial charge in [-0.3, -0.25) is 14.9 Å². The molecule has 2 aliphatic rings. The van der Waals surface area contributed by atoms with Gasteiger partial charge in [0.25, 0.3) is 5.91 Å². The lowest BCUT2D eigenvalue weighted by Gasteiger charge is -2.15. The minimum atomic E-state index is -0.225. The number of allylic oxidation sites excluding steroid dienone is 1. The third kappa shape index (κ3) is 3.00. The molecule has 2 aromatic heterocycles. The Hall–Kier alpha value is -3.43. The first-order chi connectivity index (χ1) is 14.1. The number of amides is 1. The fourth-order valence-electron chi connectivity index (χ4n) is 3.49. The van der Waals surface area contributed by atoms with E-state index in [2.05, 4.69) is 45.0 Å². The molecular weight excluding hydrogens is 388 g/mol. The number of thiophene rings is 1. The molecule has 2 aliphatic heterocycles. The number of carbonyl (C=O) groups excluding carboxylic acids is 1. The van der Waals surface area contributed by atoms with Crippen LogP contribution in [0.2, 0.25) is 0 Å². The average Bonchev–Trinajstić information content (AvgIpc) is 3.43. The Labute approximate surface area is 170 Å². The summed E-state index contributed by atoms with van der Waals surface area (Å²) in [6.45, 7) is 2.48. The number of aryl methyl sites for hydroxylation is 1. The number of aromatic nitrogens is 2. The first-order valence-corrected chi connectivity index (χ1v) is 9.86. The quantitative estimate of drug-likeness (QED) is 0.619. The molecule has 0 bridgehead atoms. The van der Waals surface area contributed by atoms with Gasteiger partial charge in [0.1, 0.15) is 11.4 Å². The molecular formula is C20H18N6O2S. The molecule has 5 rings (SSSR count). The Morgan fingerprint density at radius 3 is 3.10 bits per heavy atom. The molecule has 3 N–H and O–H groups in total. The Morgan fingerprint density at radius 2 is 2.24 bits per heavy atom. The topological polar surface area (TPSA) is 94.6 Å². The molecule has 29 heavy (non-hydrogen) atoms. The van der Waals surface area contributed by atoms with E-state index in [-0.39, 0.29) is 5.91 Å². The first kappa shape index (κ1) is 17.7. The van der Waals surface area contributed by atoms with Gasteiger partial charge in [0, 0.05) is 40.3 Å². The van der Waals surface area contributed by atoms with Crippen LogP contribution in [0.15, 0.2) is 53.1 Å². The number of aliphatic imine (C=N–C) groups is 1. The van der Waals surface area contributed by atoms with Crippen LogP contribution in [0.3, 0.4) is 0 Å².